The highest BCUT2D eigenvalue weighted by atomic mass is 19.2. The predicted molar refractivity (Wildman–Crippen MR) is 137 cm³/mol. The largest absolute Gasteiger partial charge is 0.441 e. The third-order valence-corrected chi connectivity index (χ3v) is 7.42. The molecular weight excluding hydrogens is 496 g/mol. The number of rotatable bonds is 7. The second-order valence-corrected chi connectivity index (χ2v) is 10.4. The highest BCUT2D eigenvalue weighted by Gasteiger charge is 2.49. The van der Waals surface area contributed by atoms with Crippen LogP contribution in [0.5, 0.6) is 0 Å². The number of halogens is 2. The highest BCUT2D eigenvalue weighted by molar-refractivity contribution is 5.83. The van der Waals surface area contributed by atoms with Gasteiger partial charge in [0.1, 0.15) is 18.2 Å². The van der Waals surface area contributed by atoms with Gasteiger partial charge in [-0.05, 0) is 56.5 Å². The van der Waals surface area contributed by atoms with Gasteiger partial charge in [-0.2, -0.15) is 0 Å². The van der Waals surface area contributed by atoms with Gasteiger partial charge in [0.05, 0.1) is 11.0 Å². The Hall–Kier alpha value is -3.73. The summed E-state index contributed by atoms with van der Waals surface area (Å²) in [5.41, 5.74) is 0.971. The molecule has 0 saturated carbocycles. The number of ether oxygens (including phenoxy) is 1. The fourth-order valence-corrected chi connectivity index (χ4v) is 5.64. The standard InChI is InChI=1S/C27H31F2N5O4/c1-27(2)24(17-7-8-19(28)20(29)15-17)33(26(37)38-27)16-23(35)30-11-14-32-12-9-18(10-13-32)34-22-6-4-3-5-21(22)31-25(34)36/h3-8,15,18,24H,9-14,16H2,1-2H3,(H,30,35)(H,31,36). The van der Waals surface area contributed by atoms with E-state index in [1.165, 1.54) is 11.0 Å². The molecule has 0 aliphatic carbocycles. The van der Waals surface area contributed by atoms with E-state index in [-0.39, 0.29) is 24.2 Å². The fraction of sp³-hybridized carbons (Fsp3) is 0.444. The van der Waals surface area contributed by atoms with Crippen molar-refractivity contribution in [1.29, 1.82) is 0 Å². The van der Waals surface area contributed by atoms with E-state index in [1.807, 2.05) is 28.8 Å². The SMILES string of the molecule is CC1(C)OC(=O)N(CC(=O)NCCN2CCC(n3c(=O)[nH]c4ccccc43)CC2)C1c1ccc(F)c(F)c1. The normalized spacial score (nSPS) is 20.2. The van der Waals surface area contributed by atoms with Gasteiger partial charge in [0.2, 0.25) is 5.91 Å². The van der Waals surface area contributed by atoms with Gasteiger partial charge in [-0.1, -0.05) is 18.2 Å². The number of nitrogens with one attached hydrogen (secondary N) is 2. The van der Waals surface area contributed by atoms with Crippen LogP contribution in [-0.4, -0.2) is 69.7 Å². The fourth-order valence-electron chi connectivity index (χ4n) is 5.64. The molecule has 1 aromatic heterocycles. The number of hydrogen-bond donors (Lipinski definition) is 2. The van der Waals surface area contributed by atoms with E-state index in [1.54, 1.807) is 13.8 Å². The Labute approximate surface area is 218 Å². The molecule has 2 amide bonds. The number of carbonyl (C=O) groups is 2. The van der Waals surface area contributed by atoms with Crippen molar-refractivity contribution in [2.24, 2.45) is 0 Å². The number of aromatic nitrogens is 2. The molecule has 1 unspecified atom stereocenters. The summed E-state index contributed by atoms with van der Waals surface area (Å²) in [6, 6.07) is 10.5. The monoisotopic (exact) mass is 527 g/mol. The average molecular weight is 528 g/mol. The van der Waals surface area contributed by atoms with Crippen LogP contribution < -0.4 is 11.0 Å². The van der Waals surface area contributed by atoms with Crippen LogP contribution in [0.25, 0.3) is 11.0 Å². The summed E-state index contributed by atoms with van der Waals surface area (Å²) in [5, 5.41) is 2.85. The smallest absolute Gasteiger partial charge is 0.411 e. The van der Waals surface area contributed by atoms with Crippen molar-refractivity contribution in [2.45, 2.75) is 44.4 Å². The van der Waals surface area contributed by atoms with Gasteiger partial charge < -0.3 is 19.9 Å². The maximum absolute atomic E-state index is 13.9. The van der Waals surface area contributed by atoms with Crippen LogP contribution in [0.3, 0.4) is 0 Å². The molecule has 2 aliphatic heterocycles. The van der Waals surface area contributed by atoms with Crippen LogP contribution >= 0.6 is 0 Å². The molecule has 3 aromatic rings. The minimum absolute atomic E-state index is 0.0952. The van der Waals surface area contributed by atoms with E-state index < -0.39 is 29.4 Å². The van der Waals surface area contributed by atoms with Crippen LogP contribution in [0.15, 0.2) is 47.3 Å². The van der Waals surface area contributed by atoms with Crippen molar-refractivity contribution in [3.8, 4) is 0 Å². The van der Waals surface area contributed by atoms with E-state index in [9.17, 15) is 23.2 Å². The van der Waals surface area contributed by atoms with Gasteiger partial charge in [0, 0.05) is 32.2 Å². The molecule has 9 nitrogen and oxygen atoms in total. The number of aromatic amines is 1. The van der Waals surface area contributed by atoms with Gasteiger partial charge in [0.15, 0.2) is 11.6 Å². The molecule has 11 heteroatoms. The summed E-state index contributed by atoms with van der Waals surface area (Å²) in [7, 11) is 0. The van der Waals surface area contributed by atoms with E-state index >= 15 is 0 Å². The molecule has 0 radical (unpaired) electrons. The number of likely N-dealkylation sites (tertiary alicyclic amines) is 1. The first-order valence-electron chi connectivity index (χ1n) is 12.8. The Balaban J connectivity index is 1.13. The number of fused-ring (bicyclic) bond motifs is 1. The zero-order valence-electron chi connectivity index (χ0n) is 21.4. The van der Waals surface area contributed by atoms with Crippen molar-refractivity contribution in [3.05, 3.63) is 70.1 Å². The van der Waals surface area contributed by atoms with Crippen LogP contribution in [0.2, 0.25) is 0 Å². The molecule has 5 rings (SSSR count). The van der Waals surface area contributed by atoms with E-state index in [0.717, 1.165) is 49.1 Å². The number of piperidine rings is 1. The molecule has 2 saturated heterocycles. The minimum Gasteiger partial charge on any atom is -0.441 e. The molecule has 2 aliphatic rings. The van der Waals surface area contributed by atoms with Gasteiger partial charge in [-0.15, -0.1) is 0 Å². The molecular formula is C27H31F2N5O4. The number of hydrogen-bond acceptors (Lipinski definition) is 5. The lowest BCUT2D eigenvalue weighted by molar-refractivity contribution is -0.122. The number of carbonyl (C=O) groups excluding carboxylic acids is 2. The lowest BCUT2D eigenvalue weighted by atomic mass is 9.91. The summed E-state index contributed by atoms with van der Waals surface area (Å²) in [6.45, 7) is 5.67. The van der Waals surface area contributed by atoms with Gasteiger partial charge in [-0.25, -0.2) is 18.4 Å². The van der Waals surface area contributed by atoms with Crippen LogP contribution in [0.1, 0.15) is 44.3 Å². The zero-order valence-corrected chi connectivity index (χ0v) is 21.4. The highest BCUT2D eigenvalue weighted by Crippen LogP contribution is 2.41. The first-order chi connectivity index (χ1) is 18.1. The summed E-state index contributed by atoms with van der Waals surface area (Å²) >= 11 is 0. The van der Waals surface area contributed by atoms with Crippen molar-refractivity contribution >= 4 is 23.0 Å². The second kappa shape index (κ2) is 10.2. The first kappa shape index (κ1) is 25.9. The van der Waals surface area contributed by atoms with Crippen molar-refractivity contribution in [2.75, 3.05) is 32.7 Å². The molecule has 2 aromatic carbocycles. The van der Waals surface area contributed by atoms with E-state index in [4.69, 9.17) is 4.74 Å². The van der Waals surface area contributed by atoms with Crippen LogP contribution in [0, 0.1) is 11.6 Å². The van der Waals surface area contributed by atoms with Crippen molar-refractivity contribution in [1.82, 2.24) is 24.7 Å². The Morgan fingerprint density at radius 3 is 2.58 bits per heavy atom. The lowest BCUT2D eigenvalue weighted by Gasteiger charge is -2.32. The number of H-pyrrole nitrogens is 1. The zero-order chi connectivity index (χ0) is 27.0. The van der Waals surface area contributed by atoms with Crippen molar-refractivity contribution < 1.29 is 23.1 Å². The molecule has 2 fully saturated rings. The molecule has 1 atom stereocenters. The predicted octanol–water partition coefficient (Wildman–Crippen LogP) is 3.33. The molecule has 0 spiro atoms. The molecule has 2 N–H and O–H groups in total. The number of nitrogens with zero attached hydrogens (tertiary/aromatic N) is 3. The lowest BCUT2D eigenvalue weighted by Crippen LogP contribution is -2.44. The quantitative estimate of drug-likeness (QED) is 0.491. The second-order valence-electron chi connectivity index (χ2n) is 10.4. The van der Waals surface area contributed by atoms with Crippen LogP contribution in [0.4, 0.5) is 13.6 Å². The topological polar surface area (TPSA) is 99.7 Å². The third kappa shape index (κ3) is 5.02. The third-order valence-electron chi connectivity index (χ3n) is 7.42. The van der Waals surface area contributed by atoms with Crippen LogP contribution in [-0.2, 0) is 9.53 Å². The Bertz CT molecular complexity index is 1410. The Kier molecular flexibility index (Phi) is 6.95. The van der Waals surface area contributed by atoms with E-state index in [0.29, 0.717) is 18.7 Å². The number of amides is 2. The Morgan fingerprint density at radius 1 is 1.11 bits per heavy atom. The maximum Gasteiger partial charge on any atom is 0.411 e. The molecule has 3 heterocycles. The minimum atomic E-state index is -1.03. The summed E-state index contributed by atoms with van der Waals surface area (Å²) < 4.78 is 34.6. The number of cyclic esters (lactones) is 1. The number of benzene rings is 2. The van der Waals surface area contributed by atoms with Gasteiger partial charge in [0.25, 0.3) is 0 Å². The summed E-state index contributed by atoms with van der Waals surface area (Å²) in [6.07, 6.45) is 0.954. The maximum atomic E-state index is 13.9. The van der Waals surface area contributed by atoms with Gasteiger partial charge in [-0.3, -0.25) is 14.3 Å². The summed E-state index contributed by atoms with van der Waals surface area (Å²) in [4.78, 5) is 44.1. The van der Waals surface area contributed by atoms with Gasteiger partial charge >= 0.3 is 11.8 Å². The first-order valence-corrected chi connectivity index (χ1v) is 12.8. The Morgan fingerprint density at radius 2 is 1.84 bits per heavy atom. The number of para-hydroxylation sites is 2. The summed E-state index contributed by atoms with van der Waals surface area (Å²) in [5.74, 6) is -2.38. The number of imidazole rings is 1. The average Bonchev–Trinajstić information content (AvgIpc) is 3.32. The molecule has 0 bridgehead atoms. The molecule has 202 valence electrons. The molecule has 38 heavy (non-hydrogen) atoms. The van der Waals surface area contributed by atoms with Crippen molar-refractivity contribution in [3.63, 3.8) is 0 Å². The van der Waals surface area contributed by atoms with E-state index in [2.05, 4.69) is 15.2 Å².